The van der Waals surface area contributed by atoms with Crippen molar-refractivity contribution in [1.82, 2.24) is 48.9 Å². The van der Waals surface area contributed by atoms with E-state index in [0.717, 1.165) is 63.7 Å². The number of hydrogen-bond donors (Lipinski definition) is 4. The number of sulfonamides is 2. The largest absolute Gasteiger partial charge is 0.477 e. The minimum absolute atomic E-state index is 0.132. The molecule has 2 amide bonds. The van der Waals surface area contributed by atoms with Crippen molar-refractivity contribution >= 4 is 60.9 Å². The molecular formula is C61H80ClN13O8S2. The Balaban J connectivity index is 0.000000196. The minimum Gasteiger partial charge on any atom is -0.477 e. The average Bonchev–Trinajstić information content (AvgIpc) is 1.77. The first-order valence-corrected chi connectivity index (χ1v) is 32.7. The van der Waals surface area contributed by atoms with E-state index in [1.54, 1.807) is 60.9 Å². The van der Waals surface area contributed by atoms with E-state index in [2.05, 4.69) is 73.1 Å². The summed E-state index contributed by atoms with van der Waals surface area (Å²) >= 11 is 6.29. The molecule has 4 fully saturated rings. The highest BCUT2D eigenvalue weighted by Gasteiger charge is 2.42. The van der Waals surface area contributed by atoms with Crippen LogP contribution in [0.5, 0.6) is 11.8 Å². The average molecular weight is 1230 g/mol. The van der Waals surface area contributed by atoms with Crippen molar-refractivity contribution in [3.63, 3.8) is 0 Å². The molecule has 3 saturated carbocycles. The van der Waals surface area contributed by atoms with E-state index in [1.165, 1.54) is 52.9 Å². The molecule has 0 spiro atoms. The van der Waals surface area contributed by atoms with Crippen LogP contribution in [0.2, 0.25) is 5.15 Å². The molecule has 2 atom stereocenters. The van der Waals surface area contributed by atoms with Crippen molar-refractivity contribution in [3.05, 3.63) is 101 Å². The summed E-state index contributed by atoms with van der Waals surface area (Å²) in [5.74, 6) is 1.92. The Kier molecular flexibility index (Phi) is 16.6. The van der Waals surface area contributed by atoms with Crippen LogP contribution in [-0.4, -0.2) is 107 Å². The number of carbonyl (C=O) groups is 2. The first-order chi connectivity index (χ1) is 41.9. The van der Waals surface area contributed by atoms with Crippen LogP contribution in [0, 0.1) is 28.1 Å². The first-order valence-electron chi connectivity index (χ1n) is 31.3. The smallest absolute Gasteiger partial charge is 0.281 e. The van der Waals surface area contributed by atoms with Crippen LogP contribution in [0.15, 0.2) is 95.2 Å². The quantitative estimate of drug-likeness (QED) is 0.0409. The standard InChI is InChI=1S/C31H41ClN6O4S.C30H39N7O4S/c1-30(2)15-12-22(21-30)7-5-18-33-24-8-4-9-27(34-24)43(40,41)37-29(39)23-10-11-25(35-28(23)32)38-19-13-26(36-38)42-20-6-14-31(3)16-17-31;1-29(2)19-21-7-5-16-31-23-8-4-9-26(32-23)42(39,40)35-28(38)22-10-11-24(33-27(22)36(29)20-21)37-17-12-25(34-37)41-18-6-13-30(3)14-15-30/h4,8-11,13,19,22H,5-7,12,14-18,20-21H2,1-3H3,(H,33,34)(H,37,39);4,8-12,17,21H,5-7,13-16,18-20H2,1-3H3,(H,31,32)(H,35,38)/t22-;21-/m10/s1/i14D2;13D2. The van der Waals surface area contributed by atoms with Gasteiger partial charge in [-0.15, -0.1) is 10.2 Å². The van der Waals surface area contributed by atoms with Crippen molar-refractivity contribution in [2.75, 3.05) is 48.4 Å². The van der Waals surface area contributed by atoms with E-state index >= 15 is 0 Å². The summed E-state index contributed by atoms with van der Waals surface area (Å²) < 4.78 is 104. The number of halogens is 1. The van der Waals surface area contributed by atoms with Gasteiger partial charge in [0.05, 0.1) is 24.3 Å². The van der Waals surface area contributed by atoms with Crippen molar-refractivity contribution in [3.8, 4) is 23.4 Å². The molecule has 24 heteroatoms. The molecule has 4 bridgehead atoms. The third-order valence-corrected chi connectivity index (χ3v) is 19.3. The normalized spacial score (nSPS) is 21.5. The Morgan fingerprint density at radius 3 is 2.09 bits per heavy atom. The van der Waals surface area contributed by atoms with Gasteiger partial charge < -0.3 is 25.0 Å². The van der Waals surface area contributed by atoms with Crippen LogP contribution in [0.4, 0.5) is 17.5 Å². The van der Waals surface area contributed by atoms with E-state index in [4.69, 9.17) is 31.5 Å². The number of hydrogen-bond acceptors (Lipinski definition) is 17. The predicted molar refractivity (Wildman–Crippen MR) is 326 cm³/mol. The number of nitrogens with one attached hydrogen (secondary N) is 4. The Morgan fingerprint density at radius 2 is 1.45 bits per heavy atom. The van der Waals surface area contributed by atoms with Gasteiger partial charge in [0.2, 0.25) is 11.8 Å². The van der Waals surface area contributed by atoms with Crippen LogP contribution >= 0.6 is 11.6 Å². The summed E-state index contributed by atoms with van der Waals surface area (Å²) in [4.78, 5) is 46.1. The van der Waals surface area contributed by atoms with Gasteiger partial charge in [-0.25, -0.2) is 38.7 Å². The van der Waals surface area contributed by atoms with Crippen molar-refractivity contribution in [2.45, 2.75) is 160 Å². The van der Waals surface area contributed by atoms with Gasteiger partial charge in [-0.2, -0.15) is 16.8 Å². The Hall–Kier alpha value is -6.85. The van der Waals surface area contributed by atoms with Gasteiger partial charge >= 0.3 is 0 Å². The minimum atomic E-state index is -4.29. The molecule has 11 rings (SSSR count). The maximum absolute atomic E-state index is 13.6. The van der Waals surface area contributed by atoms with Gasteiger partial charge in [-0.05, 0) is 193 Å². The number of nitrogens with zero attached hydrogens (tertiary/aromatic N) is 9. The Morgan fingerprint density at radius 1 is 0.788 bits per heavy atom. The third-order valence-electron chi connectivity index (χ3n) is 16.5. The van der Waals surface area contributed by atoms with Crippen LogP contribution in [0.25, 0.3) is 11.6 Å². The Labute approximate surface area is 510 Å². The molecule has 85 heavy (non-hydrogen) atoms. The Bertz CT molecular complexity index is 3800. The molecule has 0 radical (unpaired) electrons. The number of fused-ring (bicyclic) bond motifs is 6. The molecule has 0 unspecified atom stereocenters. The first kappa shape index (κ1) is 56.0. The van der Waals surface area contributed by atoms with E-state index < -0.39 is 44.6 Å². The fraction of sp³-hybridized carbons (Fsp3) is 0.541. The van der Waals surface area contributed by atoms with Crippen molar-refractivity contribution in [1.29, 1.82) is 0 Å². The maximum Gasteiger partial charge on any atom is 0.281 e. The van der Waals surface area contributed by atoms with Crippen molar-refractivity contribution in [2.24, 2.45) is 28.1 Å². The number of ether oxygens (including phenoxy) is 2. The number of anilines is 3. The van der Waals surface area contributed by atoms with Gasteiger partial charge in [-0.1, -0.05) is 51.4 Å². The molecule has 5 aliphatic rings. The van der Waals surface area contributed by atoms with Crippen LogP contribution in [0.3, 0.4) is 0 Å². The second-order valence-electron chi connectivity index (χ2n) is 24.9. The zero-order valence-corrected chi connectivity index (χ0v) is 51.5. The van der Waals surface area contributed by atoms with Crippen molar-refractivity contribution < 1.29 is 41.4 Å². The maximum atomic E-state index is 13.6. The third kappa shape index (κ3) is 16.0. The number of pyridine rings is 4. The highest BCUT2D eigenvalue weighted by atomic mass is 35.5. The lowest BCUT2D eigenvalue weighted by atomic mass is 9.89. The molecule has 6 aromatic rings. The SMILES string of the molecule is [2H]C([2H])(CCOc1ccn(-c2ccc(C(=O)NS(=O)(=O)c3cccc(NCCC[C@@H]4CCC(C)(C)C4)n3)c(Cl)n2)n1)C1(C)CC1.[2H]C([2H])(CCOc1ccn(-c2ccc3c(n2)N2C[C@@H](CCCNc4cccc(n4)S(=O)(=O)NC3=O)CC2(C)C)n1)C1(C)CC1. The van der Waals surface area contributed by atoms with Crippen LogP contribution in [0.1, 0.15) is 170 Å². The molecule has 456 valence electrons. The van der Waals surface area contributed by atoms with E-state index in [0.29, 0.717) is 66.0 Å². The molecule has 0 aromatic carbocycles. The van der Waals surface area contributed by atoms with Crippen LogP contribution in [-0.2, 0) is 20.0 Å². The van der Waals surface area contributed by atoms with E-state index in [-0.39, 0.29) is 74.6 Å². The lowest BCUT2D eigenvalue weighted by molar-refractivity contribution is 0.0972. The summed E-state index contributed by atoms with van der Waals surface area (Å²) in [7, 11) is -8.54. The summed E-state index contributed by atoms with van der Waals surface area (Å²) in [6.45, 7) is 15.1. The predicted octanol–water partition coefficient (Wildman–Crippen LogP) is 11.0. The van der Waals surface area contributed by atoms with Crippen LogP contribution < -0.4 is 34.5 Å². The number of rotatable bonds is 20. The molecule has 8 heterocycles. The summed E-state index contributed by atoms with van der Waals surface area (Å²) in [6.07, 6.45) is 13.3. The molecule has 6 aromatic heterocycles. The van der Waals surface area contributed by atoms with E-state index in [9.17, 15) is 26.4 Å². The highest BCUT2D eigenvalue weighted by molar-refractivity contribution is 7.90. The topological polar surface area (TPSA) is 259 Å². The zero-order chi connectivity index (χ0) is 63.8. The second-order valence-corrected chi connectivity index (χ2v) is 28.5. The molecule has 2 aliphatic heterocycles. The van der Waals surface area contributed by atoms with Gasteiger partial charge in [0.25, 0.3) is 31.9 Å². The monoisotopic (exact) mass is 1230 g/mol. The number of carbonyl (C=O) groups excluding carboxylic acids is 2. The fourth-order valence-electron chi connectivity index (χ4n) is 11.2. The van der Waals surface area contributed by atoms with Gasteiger partial charge in [0.15, 0.2) is 21.7 Å². The highest BCUT2D eigenvalue weighted by Crippen LogP contribution is 2.50. The lowest BCUT2D eigenvalue weighted by Gasteiger charge is -2.34. The summed E-state index contributed by atoms with van der Waals surface area (Å²) in [5.41, 5.74) is -0.477. The number of amides is 2. The molecular weight excluding hydrogens is 1140 g/mol. The summed E-state index contributed by atoms with van der Waals surface area (Å²) in [5, 5.41) is 14.4. The van der Waals surface area contributed by atoms with Gasteiger partial charge in [0, 0.05) is 55.2 Å². The number of aromatic nitrogens is 8. The van der Waals surface area contributed by atoms with E-state index in [1.807, 2.05) is 18.6 Å². The lowest BCUT2D eigenvalue weighted by Crippen LogP contribution is -2.41. The summed E-state index contributed by atoms with van der Waals surface area (Å²) in [6, 6.07) is 18.6. The molecule has 4 N–H and O–H groups in total. The second kappa shape index (κ2) is 25.2. The fourth-order valence-corrected chi connectivity index (χ4v) is 13.3. The zero-order valence-electron chi connectivity index (χ0n) is 53.2. The molecule has 1 saturated heterocycles. The van der Waals surface area contributed by atoms with Gasteiger partial charge in [-0.3, -0.25) is 9.59 Å². The molecule has 21 nitrogen and oxygen atoms in total. The molecule has 3 aliphatic carbocycles. The van der Waals surface area contributed by atoms with Gasteiger partial charge in [0.1, 0.15) is 22.6 Å².